The zero-order valence-electron chi connectivity index (χ0n) is 5.83. The van der Waals surface area contributed by atoms with Gasteiger partial charge in [-0.1, -0.05) is 0 Å². The van der Waals surface area contributed by atoms with Crippen molar-refractivity contribution in [2.45, 2.75) is 0 Å². The van der Waals surface area contributed by atoms with Crippen LogP contribution in [-0.2, 0) is 4.74 Å². The second-order valence-corrected chi connectivity index (χ2v) is 3.97. The van der Waals surface area contributed by atoms with Gasteiger partial charge in [-0.25, -0.2) is 20.1 Å². The highest BCUT2D eigenvalue weighted by Crippen LogP contribution is 1.80. The van der Waals surface area contributed by atoms with E-state index in [1.165, 1.54) is 0 Å². The summed E-state index contributed by atoms with van der Waals surface area (Å²) in [5.41, 5.74) is 0. The Labute approximate surface area is 91.5 Å². The van der Waals surface area contributed by atoms with Gasteiger partial charge in [-0.3, -0.25) is 0 Å². The largest absolute Gasteiger partial charge is 0.495 e. The minimum atomic E-state index is -0.306. The van der Waals surface area contributed by atoms with E-state index in [1.807, 2.05) is 0 Å². The van der Waals surface area contributed by atoms with Gasteiger partial charge >= 0.3 is 13.4 Å². The van der Waals surface area contributed by atoms with Crippen LogP contribution in [0.2, 0.25) is 0 Å². The first-order valence-corrected chi connectivity index (χ1v) is 7.11. The fourth-order valence-corrected chi connectivity index (χ4v) is 0.429. The molecule has 0 spiro atoms. The molecule has 0 heterocycles. The van der Waals surface area contributed by atoms with Gasteiger partial charge in [0.25, 0.3) is 0 Å². The average Bonchev–Trinajstić information content (AvgIpc) is 1.91. The minimum Gasteiger partial charge on any atom is -0.412 e. The van der Waals surface area contributed by atoms with Crippen LogP contribution in [0, 0.1) is 0 Å². The van der Waals surface area contributed by atoms with Gasteiger partial charge in [0.1, 0.15) is 0 Å². The van der Waals surface area contributed by atoms with Crippen molar-refractivity contribution in [3.8, 4) is 0 Å². The Morgan fingerprint density at radius 3 is 1.45 bits per heavy atom. The second-order valence-electron chi connectivity index (χ2n) is 1.07. The molecule has 11 heavy (non-hydrogen) atoms. The molecule has 0 saturated carbocycles. The molecule has 0 aromatic heterocycles. The molecule has 0 bridgehead atoms. The van der Waals surface area contributed by atoms with Crippen molar-refractivity contribution in [1.82, 2.24) is 0 Å². The van der Waals surface area contributed by atoms with Crippen molar-refractivity contribution < 1.29 is 10.2 Å². The van der Waals surface area contributed by atoms with Gasteiger partial charge in [0.2, 0.25) is 0 Å². The van der Waals surface area contributed by atoms with E-state index in [0.717, 1.165) is 0 Å². The topological polar surface area (TPSA) is 40.7 Å². The highest BCUT2D eigenvalue weighted by Gasteiger charge is 1.80. The lowest BCUT2D eigenvalue weighted by Crippen LogP contribution is -1.97. The van der Waals surface area contributed by atoms with Gasteiger partial charge in [0.05, 0.1) is 13.2 Å². The summed E-state index contributed by atoms with van der Waals surface area (Å²) in [6.45, 7) is 1.21. The Balaban J connectivity index is -0.000000140. The molecule has 0 aliphatic rings. The molecule has 2 nitrogen and oxygen atoms in total. The molecule has 1 radical (unpaired) electrons. The van der Waals surface area contributed by atoms with Crippen LogP contribution in [0.3, 0.4) is 0 Å². The van der Waals surface area contributed by atoms with Crippen molar-refractivity contribution in [3.63, 3.8) is 0 Å². The van der Waals surface area contributed by atoms with Gasteiger partial charge in [-0.2, -0.15) is 0 Å². The van der Waals surface area contributed by atoms with Gasteiger partial charge < -0.3 is 10.2 Å². The predicted molar refractivity (Wildman–Crippen MR) is 53.3 cm³/mol. The van der Waals surface area contributed by atoms with Crippen molar-refractivity contribution >= 4 is 56.7 Å². The first-order valence-electron chi connectivity index (χ1n) is 2.55. The van der Waals surface area contributed by atoms with Gasteiger partial charge in [-0.15, -0.1) is 23.2 Å². The van der Waals surface area contributed by atoms with Crippen LogP contribution in [0.15, 0.2) is 0 Å². The average molecular weight is 259 g/mol. The van der Waals surface area contributed by atoms with Crippen LogP contribution in [0.4, 0.5) is 0 Å². The third-order valence-electron chi connectivity index (χ3n) is 0.443. The third-order valence-corrected chi connectivity index (χ3v) is 0.752. The van der Waals surface area contributed by atoms with Crippen LogP contribution in [0.1, 0.15) is 0 Å². The minimum absolute atomic E-state index is 0. The molecule has 0 fully saturated rings. The van der Waals surface area contributed by atoms with Crippen LogP contribution >= 0.6 is 43.3 Å². The maximum atomic E-state index is 5.27. The summed E-state index contributed by atoms with van der Waals surface area (Å²) in [5.74, 6) is 1.10. The number of hydrogen-bond donors (Lipinski definition) is 0. The number of alkyl halides is 2. The Hall–Kier alpha value is 1.61. The Morgan fingerprint density at radius 2 is 1.27 bits per heavy atom. The Bertz CT molecular complexity index is 47.1. The summed E-state index contributed by atoms with van der Waals surface area (Å²) < 4.78 is 4.87. The SMILES string of the molecule is ClCCOCCCl.O.[Cl][Al][Cl]. The van der Waals surface area contributed by atoms with Crippen LogP contribution in [0.25, 0.3) is 0 Å². The molecule has 0 aliphatic heterocycles. The number of hydrogen-bond acceptors (Lipinski definition) is 1. The number of halogens is 4. The molecule has 0 aliphatic carbocycles. The molecule has 0 saturated heterocycles. The summed E-state index contributed by atoms with van der Waals surface area (Å²) in [4.78, 5) is 0. The fourth-order valence-electron chi connectivity index (χ4n) is 0.211. The standard InChI is InChI=1S/C4H8Cl2O.Al.2ClH.H2O/c5-1-3-7-4-2-6;;;;/h1-4H2;;2*1H;1H2/q;+2;;;/p-2. The van der Waals surface area contributed by atoms with E-state index in [0.29, 0.717) is 25.0 Å². The maximum Gasteiger partial charge on any atom is 0.495 e. The molecule has 0 rings (SSSR count). The zero-order valence-corrected chi connectivity index (χ0v) is 10.0. The van der Waals surface area contributed by atoms with Crippen molar-refractivity contribution in [2.24, 2.45) is 0 Å². The molecule has 0 unspecified atom stereocenters. The summed E-state index contributed by atoms with van der Waals surface area (Å²) >= 11 is 10.2. The molecule has 0 amide bonds. The third kappa shape index (κ3) is 34.1. The zero-order chi connectivity index (χ0) is 8.24. The first-order chi connectivity index (χ1) is 4.83. The van der Waals surface area contributed by atoms with Crippen LogP contribution in [-0.4, -0.2) is 43.8 Å². The highest BCUT2D eigenvalue weighted by atomic mass is 35.7. The number of ether oxygens (including phenoxy) is 1. The van der Waals surface area contributed by atoms with Gasteiger partial charge in [0, 0.05) is 11.8 Å². The monoisotopic (exact) mass is 257 g/mol. The normalized spacial score (nSPS) is 7.27. The fraction of sp³-hybridized carbons (Fsp3) is 1.00. The van der Waals surface area contributed by atoms with Crippen molar-refractivity contribution in [2.75, 3.05) is 25.0 Å². The predicted octanol–water partition coefficient (Wildman–Crippen LogP) is 1.65. The Kier molecular flexibility index (Phi) is 37.8. The van der Waals surface area contributed by atoms with E-state index in [-0.39, 0.29) is 18.9 Å². The molecule has 7 heteroatoms. The van der Waals surface area contributed by atoms with Crippen molar-refractivity contribution in [3.05, 3.63) is 0 Å². The van der Waals surface area contributed by atoms with E-state index < -0.39 is 0 Å². The lowest BCUT2D eigenvalue weighted by molar-refractivity contribution is 0.165. The van der Waals surface area contributed by atoms with E-state index in [1.54, 1.807) is 0 Å². The smallest absolute Gasteiger partial charge is 0.412 e. The van der Waals surface area contributed by atoms with Gasteiger partial charge in [0.15, 0.2) is 0 Å². The molecular formula is C4H10AlCl4O2. The van der Waals surface area contributed by atoms with Crippen LogP contribution < -0.4 is 0 Å². The molecule has 0 aromatic rings. The maximum absolute atomic E-state index is 5.27. The molecule has 2 N–H and O–H groups in total. The summed E-state index contributed by atoms with van der Waals surface area (Å²) in [6, 6.07) is 0. The lowest BCUT2D eigenvalue weighted by atomic mass is 10.8. The first kappa shape index (κ1) is 18.4. The second kappa shape index (κ2) is 22.6. The van der Waals surface area contributed by atoms with E-state index in [2.05, 4.69) is 0 Å². The quantitative estimate of drug-likeness (QED) is 0.430. The van der Waals surface area contributed by atoms with Gasteiger partial charge in [-0.05, 0) is 0 Å². The van der Waals surface area contributed by atoms with Crippen molar-refractivity contribution in [1.29, 1.82) is 0 Å². The summed E-state index contributed by atoms with van der Waals surface area (Å²) in [7, 11) is 9.69. The summed E-state index contributed by atoms with van der Waals surface area (Å²) in [6.07, 6.45) is 0. The van der Waals surface area contributed by atoms with E-state index in [9.17, 15) is 0 Å². The molecule has 0 atom stereocenters. The molecule has 69 valence electrons. The highest BCUT2D eigenvalue weighted by molar-refractivity contribution is 7.22. The number of rotatable bonds is 4. The van der Waals surface area contributed by atoms with Crippen LogP contribution in [0.5, 0.6) is 0 Å². The Morgan fingerprint density at radius 1 is 1.00 bits per heavy atom. The molecule has 0 aromatic carbocycles. The van der Waals surface area contributed by atoms with E-state index in [4.69, 9.17) is 48.0 Å². The molecular weight excluding hydrogens is 249 g/mol. The van der Waals surface area contributed by atoms with E-state index >= 15 is 0 Å². The summed E-state index contributed by atoms with van der Waals surface area (Å²) in [5, 5.41) is 0. The lowest BCUT2D eigenvalue weighted by Gasteiger charge is -1.93.